The summed E-state index contributed by atoms with van der Waals surface area (Å²) in [6.07, 6.45) is 2.08. The molecule has 9 heteroatoms. The zero-order valence-electron chi connectivity index (χ0n) is 20.6. The van der Waals surface area contributed by atoms with Gasteiger partial charge in [0.15, 0.2) is 17.5 Å². The summed E-state index contributed by atoms with van der Waals surface area (Å²) in [5.74, 6) is 3.09. The molecule has 0 saturated carbocycles. The predicted molar refractivity (Wildman–Crippen MR) is 140 cm³/mol. The molecule has 32 heavy (non-hydrogen) atoms. The van der Waals surface area contributed by atoms with Crippen molar-refractivity contribution in [3.05, 3.63) is 35.2 Å². The van der Waals surface area contributed by atoms with Gasteiger partial charge in [0.1, 0.15) is 0 Å². The molecular formula is C23H38IN5O3. The van der Waals surface area contributed by atoms with E-state index >= 15 is 0 Å². The smallest absolute Gasteiger partial charge is 0.203 e. The number of aliphatic imine (C=N–C) groups is 1. The first-order chi connectivity index (χ1) is 14.8. The second kappa shape index (κ2) is 13.4. The van der Waals surface area contributed by atoms with E-state index in [1.807, 2.05) is 37.8 Å². The molecule has 8 nitrogen and oxygen atoms in total. The zero-order valence-corrected chi connectivity index (χ0v) is 22.9. The molecule has 2 aromatic rings. The van der Waals surface area contributed by atoms with Gasteiger partial charge in [-0.1, -0.05) is 13.8 Å². The van der Waals surface area contributed by atoms with Crippen molar-refractivity contribution in [3.63, 3.8) is 0 Å². The summed E-state index contributed by atoms with van der Waals surface area (Å²) in [6.45, 7) is 10.8. The van der Waals surface area contributed by atoms with E-state index in [-0.39, 0.29) is 24.0 Å². The molecule has 1 N–H and O–H groups in total. The van der Waals surface area contributed by atoms with Crippen LogP contribution in [0.5, 0.6) is 17.2 Å². The van der Waals surface area contributed by atoms with Crippen LogP contribution >= 0.6 is 24.0 Å². The predicted octanol–water partition coefficient (Wildman–Crippen LogP) is 4.17. The van der Waals surface area contributed by atoms with Gasteiger partial charge < -0.3 is 24.4 Å². The van der Waals surface area contributed by atoms with Crippen LogP contribution in [-0.4, -0.2) is 55.1 Å². The van der Waals surface area contributed by atoms with Gasteiger partial charge in [-0.3, -0.25) is 4.68 Å². The van der Waals surface area contributed by atoms with E-state index in [2.05, 4.69) is 42.3 Å². The largest absolute Gasteiger partial charge is 0.493 e. The van der Waals surface area contributed by atoms with Crippen LogP contribution in [0, 0.1) is 0 Å². The van der Waals surface area contributed by atoms with Gasteiger partial charge in [0.05, 0.1) is 33.1 Å². The zero-order chi connectivity index (χ0) is 23.0. The van der Waals surface area contributed by atoms with Crippen molar-refractivity contribution in [1.29, 1.82) is 0 Å². The average Bonchev–Trinajstić information content (AvgIpc) is 3.11. The standard InChI is InChI=1S/C23H37N5O3.HI/c1-9-24-23(27(5)14-18-15-28(6)26-21(18)16(3)4)25-13-17-11-19(29-7)22(31-10-2)20(12-17)30-8;/h11-12,15-16H,9-10,13-14H2,1-8H3,(H,24,25);1H. The van der Waals surface area contributed by atoms with Gasteiger partial charge in [0, 0.05) is 38.9 Å². The summed E-state index contributed by atoms with van der Waals surface area (Å²) in [7, 11) is 7.25. The van der Waals surface area contributed by atoms with Crippen molar-refractivity contribution < 1.29 is 14.2 Å². The summed E-state index contributed by atoms with van der Waals surface area (Å²) in [5.41, 5.74) is 3.30. The van der Waals surface area contributed by atoms with Crippen molar-refractivity contribution in [2.75, 3.05) is 34.4 Å². The lowest BCUT2D eigenvalue weighted by Gasteiger charge is -2.22. The topological polar surface area (TPSA) is 73.1 Å². The number of ether oxygens (including phenoxy) is 3. The Hall–Kier alpha value is -2.17. The number of nitrogens with one attached hydrogen (secondary N) is 1. The minimum absolute atomic E-state index is 0. The number of aromatic nitrogens is 2. The van der Waals surface area contributed by atoms with Crippen LogP contribution in [0.2, 0.25) is 0 Å². The first kappa shape index (κ1) is 27.9. The highest BCUT2D eigenvalue weighted by Crippen LogP contribution is 2.38. The number of methoxy groups -OCH3 is 2. The number of benzene rings is 1. The maximum absolute atomic E-state index is 5.69. The summed E-state index contributed by atoms with van der Waals surface area (Å²) in [6, 6.07) is 3.89. The van der Waals surface area contributed by atoms with Gasteiger partial charge >= 0.3 is 0 Å². The average molecular weight is 559 g/mol. The fraction of sp³-hybridized carbons (Fsp3) is 0.565. The fourth-order valence-corrected chi connectivity index (χ4v) is 3.44. The molecule has 2 rings (SSSR count). The first-order valence-corrected chi connectivity index (χ1v) is 10.7. The lowest BCUT2D eigenvalue weighted by molar-refractivity contribution is 0.288. The highest BCUT2D eigenvalue weighted by atomic mass is 127. The number of hydrogen-bond acceptors (Lipinski definition) is 5. The van der Waals surface area contributed by atoms with Gasteiger partial charge in [-0.05, 0) is 37.5 Å². The monoisotopic (exact) mass is 559 g/mol. The van der Waals surface area contributed by atoms with E-state index in [4.69, 9.17) is 19.2 Å². The molecule has 1 heterocycles. The molecule has 0 spiro atoms. The Bertz CT molecular complexity index is 858. The Morgan fingerprint density at radius 3 is 2.31 bits per heavy atom. The highest BCUT2D eigenvalue weighted by Gasteiger charge is 2.16. The van der Waals surface area contributed by atoms with Crippen LogP contribution in [0.1, 0.15) is 50.4 Å². The third-order valence-electron chi connectivity index (χ3n) is 4.81. The van der Waals surface area contributed by atoms with E-state index < -0.39 is 0 Å². The quantitative estimate of drug-likeness (QED) is 0.268. The van der Waals surface area contributed by atoms with Gasteiger partial charge in [0.25, 0.3) is 0 Å². The first-order valence-electron chi connectivity index (χ1n) is 10.7. The molecule has 0 aliphatic rings. The molecular weight excluding hydrogens is 521 g/mol. The van der Waals surface area contributed by atoms with Crippen LogP contribution in [0.4, 0.5) is 0 Å². The summed E-state index contributed by atoms with van der Waals surface area (Å²) < 4.78 is 18.6. The molecule has 0 amide bonds. The SMILES string of the molecule is CCNC(=NCc1cc(OC)c(OCC)c(OC)c1)N(C)Cc1cn(C)nc1C(C)C.I. The van der Waals surface area contributed by atoms with E-state index in [1.54, 1.807) is 14.2 Å². The van der Waals surface area contributed by atoms with E-state index in [0.29, 0.717) is 36.3 Å². The van der Waals surface area contributed by atoms with Crippen LogP contribution in [-0.2, 0) is 20.1 Å². The maximum Gasteiger partial charge on any atom is 0.203 e. The van der Waals surface area contributed by atoms with Gasteiger partial charge in [-0.25, -0.2) is 4.99 Å². The minimum Gasteiger partial charge on any atom is -0.493 e. The van der Waals surface area contributed by atoms with Crippen LogP contribution in [0.25, 0.3) is 0 Å². The second-order valence-electron chi connectivity index (χ2n) is 7.66. The number of hydrogen-bond donors (Lipinski definition) is 1. The number of aryl methyl sites for hydroxylation is 1. The lowest BCUT2D eigenvalue weighted by atomic mass is 10.1. The molecule has 0 saturated heterocycles. The Morgan fingerprint density at radius 1 is 1.19 bits per heavy atom. The third kappa shape index (κ3) is 7.18. The maximum atomic E-state index is 5.69. The third-order valence-corrected chi connectivity index (χ3v) is 4.81. The molecule has 0 atom stereocenters. The summed E-state index contributed by atoms with van der Waals surface area (Å²) in [4.78, 5) is 6.96. The summed E-state index contributed by atoms with van der Waals surface area (Å²) in [5, 5.41) is 7.99. The van der Waals surface area contributed by atoms with E-state index in [1.165, 1.54) is 5.56 Å². The number of rotatable bonds is 10. The molecule has 180 valence electrons. The molecule has 0 aliphatic carbocycles. The normalized spacial score (nSPS) is 11.2. The Balaban J connectivity index is 0.00000512. The van der Waals surface area contributed by atoms with Crippen molar-refractivity contribution >= 4 is 29.9 Å². The molecule has 0 radical (unpaired) electrons. The highest BCUT2D eigenvalue weighted by molar-refractivity contribution is 14.0. The van der Waals surface area contributed by atoms with Crippen molar-refractivity contribution in [2.24, 2.45) is 12.0 Å². The molecule has 0 unspecified atom stereocenters. The number of halogens is 1. The van der Waals surface area contributed by atoms with Crippen LogP contribution in [0.15, 0.2) is 23.3 Å². The number of guanidine groups is 1. The molecule has 1 aromatic carbocycles. The lowest BCUT2D eigenvalue weighted by Crippen LogP contribution is -2.38. The van der Waals surface area contributed by atoms with Crippen molar-refractivity contribution in [2.45, 2.75) is 46.7 Å². The minimum atomic E-state index is 0. The Kier molecular flexibility index (Phi) is 11.7. The molecule has 0 aliphatic heterocycles. The Morgan fingerprint density at radius 2 is 1.81 bits per heavy atom. The van der Waals surface area contributed by atoms with E-state index in [9.17, 15) is 0 Å². The van der Waals surface area contributed by atoms with Crippen LogP contribution in [0.3, 0.4) is 0 Å². The second-order valence-corrected chi connectivity index (χ2v) is 7.66. The Labute approximate surface area is 209 Å². The van der Waals surface area contributed by atoms with Crippen molar-refractivity contribution in [3.8, 4) is 17.2 Å². The van der Waals surface area contributed by atoms with Crippen LogP contribution < -0.4 is 19.5 Å². The van der Waals surface area contributed by atoms with Gasteiger partial charge in [0.2, 0.25) is 5.75 Å². The van der Waals surface area contributed by atoms with E-state index in [0.717, 1.165) is 30.3 Å². The fourth-order valence-electron chi connectivity index (χ4n) is 3.44. The van der Waals surface area contributed by atoms with Crippen molar-refractivity contribution in [1.82, 2.24) is 20.0 Å². The number of nitrogens with zero attached hydrogens (tertiary/aromatic N) is 4. The summed E-state index contributed by atoms with van der Waals surface area (Å²) >= 11 is 0. The molecule has 1 aromatic heterocycles. The molecule has 0 fully saturated rings. The van der Waals surface area contributed by atoms with Gasteiger partial charge in [-0.15, -0.1) is 24.0 Å². The van der Waals surface area contributed by atoms with Gasteiger partial charge in [-0.2, -0.15) is 5.10 Å². The molecule has 0 bridgehead atoms.